The molecule has 1 rings (SSSR count). The van der Waals surface area contributed by atoms with Crippen LogP contribution in [0.1, 0.15) is 27.7 Å². The van der Waals surface area contributed by atoms with Crippen LogP contribution in [0.4, 0.5) is 5.69 Å². The molecule has 0 fully saturated rings. The van der Waals surface area contributed by atoms with E-state index in [9.17, 15) is 0 Å². The van der Waals surface area contributed by atoms with E-state index < -0.39 is 0 Å². The highest BCUT2D eigenvalue weighted by Crippen LogP contribution is 2.20. The monoisotopic (exact) mass is 243 g/mol. The summed E-state index contributed by atoms with van der Waals surface area (Å²) in [7, 11) is 0. The van der Waals surface area contributed by atoms with Crippen LogP contribution in [0.3, 0.4) is 0 Å². The molecule has 0 aliphatic heterocycles. The molecule has 1 aromatic rings. The number of rotatable bonds is 4. The van der Waals surface area contributed by atoms with E-state index >= 15 is 0 Å². The molecule has 96 valence electrons. The van der Waals surface area contributed by atoms with Crippen molar-refractivity contribution in [2.75, 3.05) is 5.32 Å². The summed E-state index contributed by atoms with van der Waals surface area (Å²) in [6, 6.07) is 12.1. The van der Waals surface area contributed by atoms with Crippen molar-refractivity contribution >= 4 is 5.69 Å². The smallest absolute Gasteiger partial charge is 0.114 e. The predicted molar refractivity (Wildman–Crippen MR) is 75.8 cm³/mol. The predicted octanol–water partition coefficient (Wildman–Crippen LogP) is 3.49. The van der Waals surface area contributed by atoms with E-state index in [-0.39, 0.29) is 11.5 Å². The van der Waals surface area contributed by atoms with Gasteiger partial charge in [-0.25, -0.2) is 0 Å². The van der Waals surface area contributed by atoms with Crippen LogP contribution in [0.25, 0.3) is 0 Å². The third-order valence-corrected chi connectivity index (χ3v) is 2.93. The van der Waals surface area contributed by atoms with Crippen molar-refractivity contribution in [1.82, 2.24) is 5.32 Å². The Bertz CT molecular complexity index is 435. The van der Waals surface area contributed by atoms with Crippen molar-refractivity contribution in [2.24, 2.45) is 5.41 Å². The van der Waals surface area contributed by atoms with Crippen LogP contribution >= 0.6 is 0 Å². The average molecular weight is 243 g/mol. The number of nitriles is 1. The molecule has 18 heavy (non-hydrogen) atoms. The standard InChI is InChI=1S/C15H21N3/c1-12(15(2,3)4)17-14(10-11-16)18-13-8-6-5-7-9-13/h5-10,12,17-18H,1-4H3/b14-10+. The molecular formula is C15H21N3. The Morgan fingerprint density at radius 2 is 1.89 bits per heavy atom. The van der Waals surface area contributed by atoms with Gasteiger partial charge < -0.3 is 10.6 Å². The summed E-state index contributed by atoms with van der Waals surface area (Å²) in [5.41, 5.74) is 1.10. The molecule has 0 aromatic heterocycles. The highest BCUT2D eigenvalue weighted by Gasteiger charge is 2.20. The van der Waals surface area contributed by atoms with E-state index in [0.29, 0.717) is 0 Å². The first-order chi connectivity index (χ1) is 8.43. The number of anilines is 1. The third-order valence-electron chi connectivity index (χ3n) is 2.93. The number of hydrogen-bond acceptors (Lipinski definition) is 3. The molecule has 0 aliphatic rings. The normalized spacial score (nSPS) is 13.6. The highest BCUT2D eigenvalue weighted by atomic mass is 15.1. The summed E-state index contributed by atoms with van der Waals surface area (Å²) >= 11 is 0. The average Bonchev–Trinajstić information content (AvgIpc) is 2.29. The molecule has 0 saturated carbocycles. The maximum absolute atomic E-state index is 8.82. The quantitative estimate of drug-likeness (QED) is 0.796. The molecule has 1 aromatic carbocycles. The van der Waals surface area contributed by atoms with Gasteiger partial charge in [-0.1, -0.05) is 39.0 Å². The van der Waals surface area contributed by atoms with Crippen LogP contribution < -0.4 is 10.6 Å². The molecular weight excluding hydrogens is 222 g/mol. The summed E-state index contributed by atoms with van der Waals surface area (Å²) in [5.74, 6) is 0.728. The number of nitrogens with one attached hydrogen (secondary N) is 2. The fourth-order valence-corrected chi connectivity index (χ4v) is 1.31. The van der Waals surface area contributed by atoms with Crippen LogP contribution in [-0.2, 0) is 0 Å². The van der Waals surface area contributed by atoms with Gasteiger partial charge in [0.2, 0.25) is 0 Å². The number of para-hydroxylation sites is 1. The molecule has 3 heteroatoms. The van der Waals surface area contributed by atoms with Crippen LogP contribution in [0.5, 0.6) is 0 Å². The van der Waals surface area contributed by atoms with Crippen molar-refractivity contribution < 1.29 is 0 Å². The highest BCUT2D eigenvalue weighted by molar-refractivity contribution is 5.48. The fourth-order valence-electron chi connectivity index (χ4n) is 1.31. The summed E-state index contributed by atoms with van der Waals surface area (Å²) in [6.07, 6.45) is 1.50. The zero-order chi connectivity index (χ0) is 13.6. The van der Waals surface area contributed by atoms with Gasteiger partial charge in [-0.15, -0.1) is 0 Å². The van der Waals surface area contributed by atoms with Crippen LogP contribution in [0.15, 0.2) is 42.2 Å². The lowest BCUT2D eigenvalue weighted by Gasteiger charge is -2.30. The fraction of sp³-hybridized carbons (Fsp3) is 0.400. The largest absolute Gasteiger partial charge is 0.368 e. The second kappa shape index (κ2) is 6.11. The van der Waals surface area contributed by atoms with Crippen LogP contribution in [-0.4, -0.2) is 6.04 Å². The Hall–Kier alpha value is -1.95. The second-order valence-corrected chi connectivity index (χ2v) is 5.41. The van der Waals surface area contributed by atoms with Crippen molar-refractivity contribution in [3.05, 3.63) is 42.2 Å². The summed E-state index contributed by atoms with van der Waals surface area (Å²) in [4.78, 5) is 0. The van der Waals surface area contributed by atoms with E-state index in [1.165, 1.54) is 6.08 Å². The van der Waals surface area contributed by atoms with Gasteiger partial charge in [0.05, 0.1) is 12.1 Å². The van der Waals surface area contributed by atoms with Gasteiger partial charge >= 0.3 is 0 Å². The molecule has 3 nitrogen and oxygen atoms in total. The van der Waals surface area contributed by atoms with Gasteiger partial charge in [0.15, 0.2) is 0 Å². The Kier molecular flexibility index (Phi) is 4.79. The van der Waals surface area contributed by atoms with E-state index in [0.717, 1.165) is 11.5 Å². The minimum atomic E-state index is 0.132. The number of benzene rings is 1. The first kappa shape index (κ1) is 14.1. The molecule has 0 amide bonds. The van der Waals surface area contributed by atoms with Crippen LogP contribution in [0.2, 0.25) is 0 Å². The third kappa shape index (κ3) is 4.50. The maximum atomic E-state index is 8.82. The van der Waals surface area contributed by atoms with E-state index in [2.05, 4.69) is 44.4 Å². The van der Waals surface area contributed by atoms with Crippen molar-refractivity contribution in [2.45, 2.75) is 33.7 Å². The summed E-state index contributed by atoms with van der Waals surface area (Å²) < 4.78 is 0. The Morgan fingerprint density at radius 3 is 2.39 bits per heavy atom. The Morgan fingerprint density at radius 1 is 1.28 bits per heavy atom. The van der Waals surface area contributed by atoms with Gasteiger partial charge in [0, 0.05) is 11.7 Å². The molecule has 2 N–H and O–H groups in total. The van der Waals surface area contributed by atoms with E-state index in [1.807, 2.05) is 30.3 Å². The Balaban J connectivity index is 2.74. The molecule has 0 saturated heterocycles. The first-order valence-corrected chi connectivity index (χ1v) is 6.12. The number of nitrogens with zero attached hydrogens (tertiary/aromatic N) is 1. The minimum Gasteiger partial charge on any atom is -0.368 e. The zero-order valence-corrected chi connectivity index (χ0v) is 11.5. The van der Waals surface area contributed by atoms with Gasteiger partial charge in [-0.3, -0.25) is 0 Å². The molecule has 0 heterocycles. The summed E-state index contributed by atoms with van der Waals surface area (Å²) in [6.45, 7) is 8.60. The van der Waals surface area contributed by atoms with Gasteiger partial charge in [-0.05, 0) is 24.5 Å². The zero-order valence-electron chi connectivity index (χ0n) is 11.5. The molecule has 0 radical (unpaired) electrons. The van der Waals surface area contributed by atoms with Gasteiger partial charge in [0.25, 0.3) is 0 Å². The van der Waals surface area contributed by atoms with Crippen LogP contribution in [0, 0.1) is 16.7 Å². The lowest BCUT2D eigenvalue weighted by molar-refractivity contribution is 0.304. The van der Waals surface area contributed by atoms with E-state index in [4.69, 9.17) is 5.26 Å². The SMILES string of the molecule is CC(N/C(=C\C#N)Nc1ccccc1)C(C)(C)C. The topological polar surface area (TPSA) is 47.9 Å². The number of allylic oxidation sites excluding steroid dienone is 1. The molecule has 0 bridgehead atoms. The maximum Gasteiger partial charge on any atom is 0.114 e. The summed E-state index contributed by atoms with van der Waals surface area (Å²) in [5, 5.41) is 15.4. The molecule has 0 spiro atoms. The number of hydrogen-bond donors (Lipinski definition) is 2. The molecule has 0 aliphatic carbocycles. The second-order valence-electron chi connectivity index (χ2n) is 5.41. The van der Waals surface area contributed by atoms with Gasteiger partial charge in [0.1, 0.15) is 5.82 Å². The minimum absolute atomic E-state index is 0.132. The van der Waals surface area contributed by atoms with E-state index in [1.54, 1.807) is 0 Å². The van der Waals surface area contributed by atoms with Gasteiger partial charge in [-0.2, -0.15) is 5.26 Å². The first-order valence-electron chi connectivity index (χ1n) is 6.12. The van der Waals surface area contributed by atoms with Crippen molar-refractivity contribution in [3.63, 3.8) is 0 Å². The molecule has 1 atom stereocenters. The van der Waals surface area contributed by atoms with Crippen molar-refractivity contribution in [1.29, 1.82) is 5.26 Å². The Labute approximate surface area is 110 Å². The van der Waals surface area contributed by atoms with Crippen molar-refractivity contribution in [3.8, 4) is 6.07 Å². The molecule has 1 unspecified atom stereocenters. The lowest BCUT2D eigenvalue weighted by Crippen LogP contribution is -2.38. The lowest BCUT2D eigenvalue weighted by atomic mass is 9.88.